The molecule has 2 bridgehead atoms. The Kier molecular flexibility index (Phi) is 2.55. The molecule has 2 nitrogen and oxygen atoms in total. The molecule has 1 saturated heterocycles. The molecule has 98 valence electrons. The van der Waals surface area contributed by atoms with Gasteiger partial charge >= 0.3 is 0 Å². The first kappa shape index (κ1) is 12.4. The molecule has 1 N–H and O–H groups in total. The van der Waals surface area contributed by atoms with Gasteiger partial charge in [-0.2, -0.15) is 0 Å². The zero-order valence-electron chi connectivity index (χ0n) is 11.0. The Morgan fingerprint density at radius 3 is 2.53 bits per heavy atom. The first-order chi connectivity index (χ1) is 7.81. The van der Waals surface area contributed by atoms with Crippen molar-refractivity contribution in [1.29, 1.82) is 0 Å². The molecule has 0 aromatic heterocycles. The fourth-order valence-corrected chi connectivity index (χ4v) is 5.17. The fraction of sp³-hybridized carbons (Fsp3) is 1.00. The number of hydrogen-bond donors (Lipinski definition) is 1. The molecule has 5 atom stereocenters. The van der Waals surface area contributed by atoms with Crippen molar-refractivity contribution >= 4 is 15.9 Å². The number of fused-ring (bicyclic) bond motifs is 1. The van der Waals surface area contributed by atoms with Crippen LogP contribution in [0.25, 0.3) is 0 Å². The summed E-state index contributed by atoms with van der Waals surface area (Å²) in [5.41, 5.74) is -0.199. The topological polar surface area (TPSA) is 29.5 Å². The van der Waals surface area contributed by atoms with Gasteiger partial charge in [-0.15, -0.1) is 0 Å². The Labute approximate surface area is 112 Å². The van der Waals surface area contributed by atoms with Crippen LogP contribution in [0.4, 0.5) is 0 Å². The van der Waals surface area contributed by atoms with Crippen LogP contribution in [0.2, 0.25) is 0 Å². The van der Waals surface area contributed by atoms with Gasteiger partial charge in [0.25, 0.3) is 0 Å². The minimum absolute atomic E-state index is 0.0667. The zero-order chi connectivity index (χ0) is 12.5. The van der Waals surface area contributed by atoms with Gasteiger partial charge in [0.05, 0.1) is 11.7 Å². The zero-order valence-corrected chi connectivity index (χ0v) is 12.6. The summed E-state index contributed by atoms with van der Waals surface area (Å²) < 4.78 is 6.47. The molecule has 2 aliphatic carbocycles. The van der Waals surface area contributed by atoms with Crippen molar-refractivity contribution in [2.24, 2.45) is 11.3 Å². The van der Waals surface area contributed by atoms with Crippen LogP contribution in [0.15, 0.2) is 0 Å². The van der Waals surface area contributed by atoms with Gasteiger partial charge in [0.15, 0.2) is 0 Å². The molecule has 1 aliphatic heterocycles. The summed E-state index contributed by atoms with van der Waals surface area (Å²) in [7, 11) is 0. The third-order valence-electron chi connectivity index (χ3n) is 5.84. The van der Waals surface area contributed by atoms with Crippen molar-refractivity contribution < 1.29 is 9.84 Å². The van der Waals surface area contributed by atoms with Crippen molar-refractivity contribution in [2.45, 2.75) is 75.0 Å². The van der Waals surface area contributed by atoms with Crippen LogP contribution in [0.3, 0.4) is 0 Å². The summed E-state index contributed by atoms with van der Waals surface area (Å²) >= 11 is 3.64. The van der Waals surface area contributed by atoms with Gasteiger partial charge in [-0.05, 0) is 57.3 Å². The van der Waals surface area contributed by atoms with E-state index in [0.29, 0.717) is 5.92 Å². The van der Waals surface area contributed by atoms with Crippen LogP contribution < -0.4 is 0 Å². The van der Waals surface area contributed by atoms with Crippen LogP contribution in [-0.2, 0) is 4.74 Å². The smallest absolute Gasteiger partial charge is 0.101 e. The maximum atomic E-state index is 10.7. The third kappa shape index (κ3) is 1.45. The van der Waals surface area contributed by atoms with E-state index >= 15 is 0 Å². The second-order valence-electron chi connectivity index (χ2n) is 7.09. The van der Waals surface area contributed by atoms with Crippen LogP contribution in [0.5, 0.6) is 0 Å². The van der Waals surface area contributed by atoms with Gasteiger partial charge in [-0.1, -0.05) is 22.9 Å². The first-order valence-electron chi connectivity index (χ1n) is 6.83. The predicted octanol–water partition coefficient (Wildman–Crippen LogP) is 3.26. The summed E-state index contributed by atoms with van der Waals surface area (Å²) in [5, 5.41) is 10.7. The highest BCUT2D eigenvalue weighted by molar-refractivity contribution is 9.09. The highest BCUT2D eigenvalue weighted by Gasteiger charge is 2.67. The third-order valence-corrected chi connectivity index (χ3v) is 6.80. The molecule has 0 radical (unpaired) electrons. The molecule has 0 aromatic carbocycles. The minimum Gasteiger partial charge on any atom is -0.389 e. The van der Waals surface area contributed by atoms with Gasteiger partial charge < -0.3 is 9.84 Å². The molecule has 2 saturated carbocycles. The number of rotatable bonds is 0. The lowest BCUT2D eigenvalue weighted by Crippen LogP contribution is -2.62. The molecule has 0 aromatic rings. The summed E-state index contributed by atoms with van der Waals surface area (Å²) in [6, 6.07) is 0. The van der Waals surface area contributed by atoms with E-state index in [4.69, 9.17) is 4.74 Å². The van der Waals surface area contributed by atoms with E-state index in [1.165, 1.54) is 19.3 Å². The summed E-state index contributed by atoms with van der Waals surface area (Å²) in [5.74, 6) is 0.614. The standard InChI is InChI=1S/C14H23BrO2/c1-12(2)9-4-6-13(3)7-5-10(15)11(16)14(13,8-9)17-12/h9-11,16H,4-8H2,1-3H3/t9-,10-,11+,13-,14?/m1/s1. The SMILES string of the molecule is CC1(C)OC23C[C@H]1CC[C@]2(C)CC[C@@H](Br)[C@@H]3O. The number of alkyl halides is 1. The number of ether oxygens (including phenoxy) is 1. The Hall–Kier alpha value is 0.400. The Bertz CT molecular complexity index is 343. The van der Waals surface area contributed by atoms with E-state index < -0.39 is 0 Å². The Morgan fingerprint density at radius 2 is 1.82 bits per heavy atom. The van der Waals surface area contributed by atoms with Gasteiger partial charge in [-0.25, -0.2) is 0 Å². The molecule has 1 spiro atoms. The lowest BCUT2D eigenvalue weighted by atomic mass is 9.55. The average Bonchev–Trinajstić information content (AvgIpc) is 2.49. The van der Waals surface area contributed by atoms with E-state index in [-0.39, 0.29) is 27.5 Å². The molecule has 1 unspecified atom stereocenters. The fourth-order valence-electron chi connectivity index (χ4n) is 4.51. The van der Waals surface area contributed by atoms with E-state index in [9.17, 15) is 5.11 Å². The number of hydrogen-bond acceptors (Lipinski definition) is 2. The Balaban J connectivity index is 2.05. The van der Waals surface area contributed by atoms with Gasteiger partial charge in [0, 0.05) is 4.83 Å². The highest BCUT2D eigenvalue weighted by Crippen LogP contribution is 2.64. The van der Waals surface area contributed by atoms with Crippen LogP contribution in [0.1, 0.15) is 52.9 Å². The molecule has 1 heterocycles. The number of halogens is 1. The van der Waals surface area contributed by atoms with Gasteiger partial charge in [0.2, 0.25) is 0 Å². The second kappa shape index (κ2) is 3.49. The molecule has 3 heteroatoms. The maximum absolute atomic E-state index is 10.7. The molecular weight excluding hydrogens is 280 g/mol. The summed E-state index contributed by atoms with van der Waals surface area (Å²) in [6.07, 6.45) is 5.38. The highest BCUT2D eigenvalue weighted by atomic mass is 79.9. The van der Waals surface area contributed by atoms with Crippen LogP contribution in [0, 0.1) is 11.3 Å². The molecule has 3 aliphatic rings. The maximum Gasteiger partial charge on any atom is 0.101 e. The lowest BCUT2D eigenvalue weighted by molar-refractivity contribution is -0.215. The van der Waals surface area contributed by atoms with E-state index in [1.54, 1.807) is 0 Å². The normalized spacial score (nSPS) is 56.6. The lowest BCUT2D eigenvalue weighted by Gasteiger charge is -2.55. The van der Waals surface area contributed by atoms with Crippen LogP contribution in [-0.4, -0.2) is 27.2 Å². The summed E-state index contributed by atoms with van der Waals surface area (Å²) in [4.78, 5) is 0.197. The average molecular weight is 303 g/mol. The van der Waals surface area contributed by atoms with Crippen molar-refractivity contribution in [3.05, 3.63) is 0 Å². The molecule has 17 heavy (non-hydrogen) atoms. The molecule has 3 fully saturated rings. The van der Waals surface area contributed by atoms with Crippen molar-refractivity contribution in [1.82, 2.24) is 0 Å². The quantitative estimate of drug-likeness (QED) is 0.696. The largest absolute Gasteiger partial charge is 0.389 e. The number of aliphatic hydroxyl groups excluding tert-OH is 1. The molecule has 3 rings (SSSR count). The van der Waals surface area contributed by atoms with Crippen molar-refractivity contribution in [2.75, 3.05) is 0 Å². The minimum atomic E-state index is -0.356. The van der Waals surface area contributed by atoms with Crippen molar-refractivity contribution in [3.8, 4) is 0 Å². The monoisotopic (exact) mass is 302 g/mol. The molecule has 0 amide bonds. The number of aliphatic hydroxyl groups is 1. The first-order valence-corrected chi connectivity index (χ1v) is 7.75. The summed E-state index contributed by atoms with van der Waals surface area (Å²) in [6.45, 7) is 6.72. The van der Waals surface area contributed by atoms with E-state index in [1.807, 2.05) is 0 Å². The predicted molar refractivity (Wildman–Crippen MR) is 71.3 cm³/mol. The van der Waals surface area contributed by atoms with Gasteiger partial charge in [-0.3, -0.25) is 0 Å². The van der Waals surface area contributed by atoms with E-state index in [0.717, 1.165) is 12.8 Å². The Morgan fingerprint density at radius 1 is 1.18 bits per heavy atom. The second-order valence-corrected chi connectivity index (χ2v) is 8.27. The van der Waals surface area contributed by atoms with Gasteiger partial charge in [0.1, 0.15) is 5.60 Å². The van der Waals surface area contributed by atoms with Crippen molar-refractivity contribution in [3.63, 3.8) is 0 Å². The van der Waals surface area contributed by atoms with Crippen LogP contribution >= 0.6 is 15.9 Å². The molecular formula is C14H23BrO2. The van der Waals surface area contributed by atoms with E-state index in [2.05, 4.69) is 36.7 Å².